The number of carbonyl (C=O) groups excluding carboxylic acids is 2. The molecule has 0 atom stereocenters. The molecule has 0 aliphatic heterocycles. The van der Waals surface area contributed by atoms with Crippen LogP contribution in [0, 0.1) is 0 Å². The molecule has 0 unspecified atom stereocenters. The van der Waals surface area contributed by atoms with Crippen LogP contribution in [0.2, 0.25) is 0 Å². The van der Waals surface area contributed by atoms with Crippen molar-refractivity contribution in [3.63, 3.8) is 0 Å². The third-order valence-electron chi connectivity index (χ3n) is 3.21. The zero-order valence-corrected chi connectivity index (χ0v) is 13.7. The van der Waals surface area contributed by atoms with Crippen molar-refractivity contribution in [2.24, 2.45) is 0 Å². The smallest absolute Gasteiger partial charge is 0.255 e. The Balaban J connectivity index is 1.90. The zero-order valence-electron chi connectivity index (χ0n) is 13.7. The summed E-state index contributed by atoms with van der Waals surface area (Å²) in [5.74, 6) is 0.522. The molecule has 0 fully saturated rings. The Bertz CT molecular complexity index is 698. The van der Waals surface area contributed by atoms with Crippen LogP contribution in [0.3, 0.4) is 0 Å². The van der Waals surface area contributed by atoms with E-state index < -0.39 is 0 Å². The van der Waals surface area contributed by atoms with Gasteiger partial charge >= 0.3 is 0 Å². The number of hydrogen-bond donors (Lipinski definition) is 2. The van der Waals surface area contributed by atoms with Gasteiger partial charge < -0.3 is 20.1 Å². The van der Waals surface area contributed by atoms with Crippen molar-refractivity contribution in [3.05, 3.63) is 54.1 Å². The summed E-state index contributed by atoms with van der Waals surface area (Å²) in [4.78, 5) is 24.1. The lowest BCUT2D eigenvalue weighted by molar-refractivity contribution is -0.115. The van der Waals surface area contributed by atoms with Gasteiger partial charge in [0.2, 0.25) is 5.91 Å². The molecule has 2 aromatic carbocycles. The van der Waals surface area contributed by atoms with Crippen molar-refractivity contribution in [3.8, 4) is 11.5 Å². The molecule has 0 bridgehead atoms. The van der Waals surface area contributed by atoms with Crippen molar-refractivity contribution in [1.82, 2.24) is 5.32 Å². The Morgan fingerprint density at radius 2 is 1.75 bits per heavy atom. The first-order valence-corrected chi connectivity index (χ1v) is 7.58. The van der Waals surface area contributed by atoms with Gasteiger partial charge in [-0.15, -0.1) is 0 Å². The van der Waals surface area contributed by atoms with Crippen molar-refractivity contribution in [1.29, 1.82) is 0 Å². The van der Waals surface area contributed by atoms with E-state index in [0.717, 1.165) is 0 Å². The number of anilines is 1. The molecule has 2 N–H and O–H groups in total. The Morgan fingerprint density at radius 3 is 2.42 bits per heavy atom. The molecule has 2 amide bonds. The minimum atomic E-state index is -0.357. The summed E-state index contributed by atoms with van der Waals surface area (Å²) >= 11 is 0. The topological polar surface area (TPSA) is 76.7 Å². The van der Waals surface area contributed by atoms with E-state index in [1.54, 1.807) is 55.6 Å². The second-order valence-electron chi connectivity index (χ2n) is 4.89. The molecule has 0 aliphatic rings. The molecule has 6 nitrogen and oxygen atoms in total. The molecule has 126 valence electrons. The molecule has 24 heavy (non-hydrogen) atoms. The fourth-order valence-electron chi connectivity index (χ4n) is 2.07. The Morgan fingerprint density at radius 1 is 1.04 bits per heavy atom. The third kappa shape index (κ3) is 4.74. The lowest BCUT2D eigenvalue weighted by Gasteiger charge is -2.11. The highest BCUT2D eigenvalue weighted by Gasteiger charge is 2.13. The van der Waals surface area contributed by atoms with E-state index >= 15 is 0 Å². The second kappa shape index (κ2) is 8.57. The predicted octanol–water partition coefficient (Wildman–Crippen LogP) is 2.46. The average Bonchev–Trinajstić information content (AvgIpc) is 2.61. The van der Waals surface area contributed by atoms with Crippen LogP contribution in [-0.4, -0.2) is 32.1 Å². The van der Waals surface area contributed by atoms with E-state index in [4.69, 9.17) is 9.47 Å². The molecular formula is C18H20N2O4. The van der Waals surface area contributed by atoms with Gasteiger partial charge in [-0.05, 0) is 43.3 Å². The minimum Gasteiger partial charge on any atom is -0.497 e. The Hall–Kier alpha value is -3.02. The van der Waals surface area contributed by atoms with Crippen LogP contribution in [0.15, 0.2) is 48.5 Å². The maximum atomic E-state index is 12.2. The highest BCUT2D eigenvalue weighted by molar-refractivity contribution is 6.00. The highest BCUT2D eigenvalue weighted by atomic mass is 16.5. The SMILES string of the molecule is CCOc1ccccc1C(=O)NCC(=O)Nc1ccc(OC)cc1. The number of benzene rings is 2. The Kier molecular flexibility index (Phi) is 6.19. The molecule has 6 heteroatoms. The maximum absolute atomic E-state index is 12.2. The summed E-state index contributed by atoms with van der Waals surface area (Å²) < 4.78 is 10.5. The van der Waals surface area contributed by atoms with E-state index in [9.17, 15) is 9.59 Å². The van der Waals surface area contributed by atoms with Gasteiger partial charge in [-0.1, -0.05) is 12.1 Å². The van der Waals surface area contributed by atoms with Gasteiger partial charge in [0.15, 0.2) is 0 Å². The molecule has 0 radical (unpaired) electrons. The predicted molar refractivity (Wildman–Crippen MR) is 91.6 cm³/mol. The molecule has 2 rings (SSSR count). The highest BCUT2D eigenvalue weighted by Crippen LogP contribution is 2.17. The number of rotatable bonds is 7. The van der Waals surface area contributed by atoms with Crippen molar-refractivity contribution in [2.45, 2.75) is 6.92 Å². The number of methoxy groups -OCH3 is 1. The molecule has 0 aliphatic carbocycles. The van der Waals surface area contributed by atoms with E-state index in [-0.39, 0.29) is 18.4 Å². The zero-order chi connectivity index (χ0) is 17.4. The van der Waals surface area contributed by atoms with E-state index in [1.165, 1.54) is 0 Å². The Labute approximate surface area is 140 Å². The fourth-order valence-corrected chi connectivity index (χ4v) is 2.07. The van der Waals surface area contributed by atoms with Crippen molar-refractivity contribution in [2.75, 3.05) is 25.6 Å². The van der Waals surface area contributed by atoms with E-state index in [0.29, 0.717) is 29.4 Å². The molecule has 0 saturated heterocycles. The van der Waals surface area contributed by atoms with Gasteiger partial charge in [0.25, 0.3) is 5.91 Å². The summed E-state index contributed by atoms with van der Waals surface area (Å²) in [5, 5.41) is 5.28. The second-order valence-corrected chi connectivity index (χ2v) is 4.89. The molecule has 0 aromatic heterocycles. The van der Waals surface area contributed by atoms with Gasteiger partial charge in [-0.25, -0.2) is 0 Å². The average molecular weight is 328 g/mol. The van der Waals surface area contributed by atoms with Crippen molar-refractivity contribution < 1.29 is 19.1 Å². The van der Waals surface area contributed by atoms with Crippen LogP contribution >= 0.6 is 0 Å². The van der Waals surface area contributed by atoms with Crippen LogP contribution in [0.25, 0.3) is 0 Å². The number of nitrogens with one attached hydrogen (secondary N) is 2. The van der Waals surface area contributed by atoms with Gasteiger partial charge in [-0.2, -0.15) is 0 Å². The molecule has 0 saturated carbocycles. The van der Waals surface area contributed by atoms with Crippen LogP contribution in [-0.2, 0) is 4.79 Å². The summed E-state index contributed by atoms with van der Waals surface area (Å²) in [7, 11) is 1.57. The number of carbonyl (C=O) groups is 2. The fraction of sp³-hybridized carbons (Fsp3) is 0.222. The lowest BCUT2D eigenvalue weighted by atomic mass is 10.2. The lowest BCUT2D eigenvalue weighted by Crippen LogP contribution is -2.33. The van der Waals surface area contributed by atoms with E-state index in [2.05, 4.69) is 10.6 Å². The molecule has 0 spiro atoms. The number of para-hydroxylation sites is 1. The van der Waals surface area contributed by atoms with Crippen LogP contribution in [0.5, 0.6) is 11.5 Å². The summed E-state index contributed by atoms with van der Waals surface area (Å²) in [5.41, 5.74) is 1.03. The van der Waals surface area contributed by atoms with Crippen LogP contribution in [0.1, 0.15) is 17.3 Å². The van der Waals surface area contributed by atoms with Crippen LogP contribution < -0.4 is 20.1 Å². The molecular weight excluding hydrogens is 308 g/mol. The number of ether oxygens (including phenoxy) is 2. The first kappa shape index (κ1) is 17.3. The van der Waals surface area contributed by atoms with Gasteiger partial charge in [0.05, 0.1) is 25.8 Å². The first-order chi connectivity index (χ1) is 11.6. The van der Waals surface area contributed by atoms with Gasteiger partial charge in [-0.3, -0.25) is 9.59 Å². The van der Waals surface area contributed by atoms with Crippen molar-refractivity contribution >= 4 is 17.5 Å². The number of hydrogen-bond acceptors (Lipinski definition) is 4. The third-order valence-corrected chi connectivity index (χ3v) is 3.21. The monoisotopic (exact) mass is 328 g/mol. The van der Waals surface area contributed by atoms with E-state index in [1.807, 2.05) is 6.92 Å². The number of amides is 2. The summed E-state index contributed by atoms with van der Waals surface area (Å²) in [6.45, 7) is 2.17. The summed E-state index contributed by atoms with van der Waals surface area (Å²) in [6.07, 6.45) is 0. The minimum absolute atomic E-state index is 0.134. The molecule has 2 aromatic rings. The normalized spacial score (nSPS) is 9.92. The van der Waals surface area contributed by atoms with Crippen LogP contribution in [0.4, 0.5) is 5.69 Å². The standard InChI is InChI=1S/C18H20N2O4/c1-3-24-16-7-5-4-6-15(16)18(22)19-12-17(21)20-13-8-10-14(23-2)11-9-13/h4-11H,3,12H2,1-2H3,(H,19,22)(H,20,21). The maximum Gasteiger partial charge on any atom is 0.255 e. The largest absolute Gasteiger partial charge is 0.497 e. The quantitative estimate of drug-likeness (QED) is 0.818. The van der Waals surface area contributed by atoms with Gasteiger partial charge in [0, 0.05) is 5.69 Å². The first-order valence-electron chi connectivity index (χ1n) is 7.58. The van der Waals surface area contributed by atoms with Gasteiger partial charge in [0.1, 0.15) is 11.5 Å². The summed E-state index contributed by atoms with van der Waals surface area (Å²) in [6, 6.07) is 13.8. The molecule has 0 heterocycles.